The van der Waals surface area contributed by atoms with Crippen LogP contribution in [0.1, 0.15) is 53.6 Å². The molecule has 1 fully saturated rings. The number of nitrogens with one attached hydrogen (secondary N) is 1. The molecule has 168 valence electrons. The van der Waals surface area contributed by atoms with Gasteiger partial charge in [-0.2, -0.15) is 0 Å². The minimum Gasteiger partial charge on any atom is -0.289 e. The third-order valence-corrected chi connectivity index (χ3v) is 9.38. The van der Waals surface area contributed by atoms with E-state index in [9.17, 15) is 13.2 Å². The van der Waals surface area contributed by atoms with Gasteiger partial charge in [-0.15, -0.1) is 0 Å². The quantitative estimate of drug-likeness (QED) is 0.448. The Morgan fingerprint density at radius 3 is 2.50 bits per heavy atom. The van der Waals surface area contributed by atoms with Gasteiger partial charge in [-0.3, -0.25) is 15.0 Å². The molecule has 1 amide bonds. The smallest absolute Gasteiger partial charge is 0.245 e. The van der Waals surface area contributed by atoms with Crippen molar-refractivity contribution in [2.24, 2.45) is 0 Å². The van der Waals surface area contributed by atoms with Crippen LogP contribution in [0.3, 0.4) is 0 Å². The third kappa shape index (κ3) is 3.91. The molecule has 1 aromatic heterocycles. The van der Waals surface area contributed by atoms with Gasteiger partial charge in [0.25, 0.3) is 0 Å². The second-order valence-corrected chi connectivity index (χ2v) is 11.1. The lowest BCUT2D eigenvalue weighted by atomic mass is 9.87. The fourth-order valence-electron chi connectivity index (χ4n) is 4.85. The van der Waals surface area contributed by atoms with Crippen LogP contribution in [-0.4, -0.2) is 30.3 Å². The number of para-hydroxylation sites is 1. The fourth-order valence-corrected chi connectivity index (χ4v) is 7.12. The molecular formula is C25H28N2O4S. The highest BCUT2D eigenvalue weighted by Gasteiger charge is 2.48. The minimum atomic E-state index is -3.54. The molecular weight excluding hydrogens is 424 g/mol. The first-order valence-electron chi connectivity index (χ1n) is 10.9. The summed E-state index contributed by atoms with van der Waals surface area (Å²) in [5.74, 6) is -0.636. The molecule has 0 spiro atoms. The van der Waals surface area contributed by atoms with E-state index in [1.807, 2.05) is 49.4 Å². The van der Waals surface area contributed by atoms with E-state index in [1.54, 1.807) is 5.48 Å². The number of hydrogen-bond donors (Lipinski definition) is 2. The molecule has 0 aliphatic carbocycles. The summed E-state index contributed by atoms with van der Waals surface area (Å²) in [7, 11) is -3.54. The van der Waals surface area contributed by atoms with Gasteiger partial charge >= 0.3 is 0 Å². The first-order chi connectivity index (χ1) is 15.3. The third-order valence-electron chi connectivity index (χ3n) is 6.78. The van der Waals surface area contributed by atoms with Gasteiger partial charge in [-0.05, 0) is 61.4 Å². The molecule has 4 rings (SSSR count). The predicted octanol–water partition coefficient (Wildman–Crippen LogP) is 4.13. The van der Waals surface area contributed by atoms with Crippen molar-refractivity contribution in [3.8, 4) is 0 Å². The normalized spacial score (nSPS) is 20.2. The highest BCUT2D eigenvalue weighted by Crippen LogP contribution is 2.43. The summed E-state index contributed by atoms with van der Waals surface area (Å²) in [5, 5.41) is 10.2. The molecule has 6 nitrogen and oxygen atoms in total. The number of aryl methyl sites for hydroxylation is 1. The first kappa shape index (κ1) is 22.4. The van der Waals surface area contributed by atoms with E-state index >= 15 is 0 Å². The number of pyridine rings is 1. The van der Waals surface area contributed by atoms with Gasteiger partial charge in [0.1, 0.15) is 4.75 Å². The Kier molecular flexibility index (Phi) is 6.05. The van der Waals surface area contributed by atoms with Crippen LogP contribution in [0.4, 0.5) is 0 Å². The summed E-state index contributed by atoms with van der Waals surface area (Å²) in [4.78, 5) is 16.7. The van der Waals surface area contributed by atoms with Crippen LogP contribution in [0.15, 0.2) is 48.5 Å². The number of hydroxylamine groups is 1. The lowest BCUT2D eigenvalue weighted by molar-refractivity contribution is -0.130. The van der Waals surface area contributed by atoms with Gasteiger partial charge < -0.3 is 0 Å². The number of carbonyl (C=O) groups is 1. The number of hydrogen-bond acceptors (Lipinski definition) is 5. The maximum Gasteiger partial charge on any atom is 0.245 e. The average molecular weight is 453 g/mol. The van der Waals surface area contributed by atoms with Crippen molar-refractivity contribution in [1.82, 2.24) is 10.5 Å². The maximum absolute atomic E-state index is 13.1. The molecule has 3 aromatic rings. The van der Waals surface area contributed by atoms with Crippen molar-refractivity contribution in [2.45, 2.75) is 50.7 Å². The highest BCUT2D eigenvalue weighted by atomic mass is 32.2. The summed E-state index contributed by atoms with van der Waals surface area (Å²) in [6.45, 7) is 4.09. The van der Waals surface area contributed by atoms with Crippen LogP contribution < -0.4 is 5.48 Å². The standard InChI is InChI=1S/C25H28N2O4S/c1-17-18(2)26-23-8-4-3-7-21(23)22(17)15-19-9-11-20(12-10-19)25(16-24(28)27-29)13-5-6-14-32(25,30)31/h3-4,7-12,29H,5-6,13-16H2,1-2H3,(H,27,28). The van der Waals surface area contributed by atoms with Crippen LogP contribution in [-0.2, 0) is 25.8 Å². The number of carbonyl (C=O) groups excluding carboxylic acids is 1. The molecule has 2 aromatic carbocycles. The van der Waals surface area contributed by atoms with Crippen molar-refractivity contribution in [2.75, 3.05) is 5.75 Å². The second kappa shape index (κ2) is 8.64. The van der Waals surface area contributed by atoms with E-state index in [-0.39, 0.29) is 12.2 Å². The van der Waals surface area contributed by atoms with Gasteiger partial charge in [0.05, 0.1) is 17.7 Å². The van der Waals surface area contributed by atoms with Crippen LogP contribution in [0.5, 0.6) is 0 Å². The van der Waals surface area contributed by atoms with E-state index < -0.39 is 20.5 Å². The van der Waals surface area contributed by atoms with Crippen molar-refractivity contribution in [3.05, 3.63) is 76.5 Å². The van der Waals surface area contributed by atoms with Crippen molar-refractivity contribution in [1.29, 1.82) is 0 Å². The van der Waals surface area contributed by atoms with Crippen LogP contribution >= 0.6 is 0 Å². The van der Waals surface area contributed by atoms with Crippen LogP contribution in [0.25, 0.3) is 10.9 Å². The monoisotopic (exact) mass is 452 g/mol. The molecule has 2 heterocycles. The largest absolute Gasteiger partial charge is 0.289 e. The Morgan fingerprint density at radius 1 is 1.09 bits per heavy atom. The van der Waals surface area contributed by atoms with Gasteiger partial charge in [-0.25, -0.2) is 13.9 Å². The Balaban J connectivity index is 1.72. The van der Waals surface area contributed by atoms with E-state index in [0.29, 0.717) is 24.8 Å². The molecule has 32 heavy (non-hydrogen) atoms. The van der Waals surface area contributed by atoms with Crippen molar-refractivity contribution in [3.63, 3.8) is 0 Å². The predicted molar refractivity (Wildman–Crippen MR) is 124 cm³/mol. The van der Waals surface area contributed by atoms with E-state index in [2.05, 4.69) is 18.0 Å². The first-order valence-corrected chi connectivity index (χ1v) is 12.5. The van der Waals surface area contributed by atoms with E-state index in [1.165, 1.54) is 5.56 Å². The number of amides is 1. The molecule has 2 N–H and O–H groups in total. The molecule has 1 saturated heterocycles. The molecule has 1 aliphatic heterocycles. The van der Waals surface area contributed by atoms with Gasteiger partial charge in [0.15, 0.2) is 9.84 Å². The second-order valence-electron chi connectivity index (χ2n) is 8.67. The molecule has 1 aliphatic rings. The topological polar surface area (TPSA) is 96.4 Å². The molecule has 0 bridgehead atoms. The number of benzene rings is 2. The Labute approximate surface area is 188 Å². The Bertz CT molecular complexity index is 1270. The Hall–Kier alpha value is -2.77. The molecule has 1 unspecified atom stereocenters. The zero-order chi connectivity index (χ0) is 22.9. The van der Waals surface area contributed by atoms with Gasteiger partial charge in [-0.1, -0.05) is 48.9 Å². The average Bonchev–Trinajstić information content (AvgIpc) is 2.78. The fraction of sp³-hybridized carbons (Fsp3) is 0.360. The van der Waals surface area contributed by atoms with Crippen molar-refractivity contribution < 1.29 is 18.4 Å². The SMILES string of the molecule is Cc1nc2ccccc2c(Cc2ccc(C3(CC(=O)NO)CCCCS3(=O)=O)cc2)c1C. The van der Waals surface area contributed by atoms with Gasteiger partial charge in [0, 0.05) is 11.1 Å². The summed E-state index contributed by atoms with van der Waals surface area (Å²) in [6, 6.07) is 15.6. The summed E-state index contributed by atoms with van der Waals surface area (Å²) >= 11 is 0. The molecule has 0 radical (unpaired) electrons. The zero-order valence-electron chi connectivity index (χ0n) is 18.4. The number of rotatable bonds is 5. The number of sulfone groups is 1. The number of fused-ring (bicyclic) bond motifs is 1. The lowest BCUT2D eigenvalue weighted by Crippen LogP contribution is -2.44. The number of nitrogens with zero attached hydrogens (tertiary/aromatic N) is 1. The summed E-state index contributed by atoms with van der Waals surface area (Å²) in [5.41, 5.74) is 7.59. The molecule has 0 saturated carbocycles. The number of aromatic nitrogens is 1. The minimum absolute atomic E-state index is 0.0505. The van der Waals surface area contributed by atoms with Crippen molar-refractivity contribution >= 4 is 26.6 Å². The highest BCUT2D eigenvalue weighted by molar-refractivity contribution is 7.92. The lowest BCUT2D eigenvalue weighted by Gasteiger charge is -2.36. The molecule has 1 atom stereocenters. The summed E-state index contributed by atoms with van der Waals surface area (Å²) in [6.07, 6.45) is 2.11. The summed E-state index contributed by atoms with van der Waals surface area (Å²) < 4.78 is 24.9. The zero-order valence-corrected chi connectivity index (χ0v) is 19.2. The molecule has 7 heteroatoms. The van der Waals surface area contributed by atoms with Crippen LogP contribution in [0.2, 0.25) is 0 Å². The Morgan fingerprint density at radius 2 is 1.81 bits per heavy atom. The van der Waals surface area contributed by atoms with E-state index in [4.69, 9.17) is 5.21 Å². The maximum atomic E-state index is 13.1. The van der Waals surface area contributed by atoms with Crippen LogP contribution in [0, 0.1) is 13.8 Å². The van der Waals surface area contributed by atoms with Gasteiger partial charge in [0.2, 0.25) is 5.91 Å². The van der Waals surface area contributed by atoms with E-state index in [0.717, 1.165) is 34.1 Å².